The zero-order valence-electron chi connectivity index (χ0n) is 13.6. The first kappa shape index (κ1) is 15.7. The van der Waals surface area contributed by atoms with E-state index in [1.807, 2.05) is 0 Å². The highest BCUT2D eigenvalue weighted by molar-refractivity contribution is 6.06. The Kier molecular flexibility index (Phi) is 3.91. The van der Waals surface area contributed by atoms with Crippen molar-refractivity contribution >= 4 is 23.6 Å². The Balaban J connectivity index is 0.00000196. The summed E-state index contributed by atoms with van der Waals surface area (Å²) in [7, 11) is 0. The first-order valence-electron chi connectivity index (χ1n) is 8.39. The second kappa shape index (κ2) is 6.23. The molecule has 1 aromatic carbocycles. The fraction of sp³-hybridized carbons (Fsp3) is 0.333. The molecule has 25 heavy (non-hydrogen) atoms. The predicted octanol–water partition coefficient (Wildman–Crippen LogP) is 3.30. The van der Waals surface area contributed by atoms with Crippen LogP contribution in [-0.4, -0.2) is 28.1 Å². The summed E-state index contributed by atoms with van der Waals surface area (Å²) in [6.45, 7) is 0. The molecule has 4 rings (SSSR count). The van der Waals surface area contributed by atoms with E-state index in [4.69, 9.17) is 5.41 Å². The molecule has 0 bridgehead atoms. The highest BCUT2D eigenvalue weighted by Gasteiger charge is 2.35. The minimum atomic E-state index is -0.741. The zero-order valence-corrected chi connectivity index (χ0v) is 13.6. The lowest BCUT2D eigenvalue weighted by atomic mass is 9.93. The van der Waals surface area contributed by atoms with Crippen molar-refractivity contribution in [3.8, 4) is 0 Å². The van der Waals surface area contributed by atoms with Crippen LogP contribution in [0.1, 0.15) is 49.8 Å². The van der Waals surface area contributed by atoms with Gasteiger partial charge >= 0.3 is 0 Å². The average Bonchev–Trinajstić information content (AvgIpc) is 3.21. The lowest BCUT2D eigenvalue weighted by molar-refractivity contribution is -0.116. The van der Waals surface area contributed by atoms with E-state index in [1.54, 1.807) is 6.07 Å². The van der Waals surface area contributed by atoms with Gasteiger partial charge in [0, 0.05) is 19.4 Å². The van der Waals surface area contributed by atoms with Crippen LogP contribution in [0.4, 0.5) is 15.9 Å². The number of halogens is 1. The van der Waals surface area contributed by atoms with Gasteiger partial charge in [-0.3, -0.25) is 4.79 Å². The third-order valence-electron chi connectivity index (χ3n) is 4.87. The summed E-state index contributed by atoms with van der Waals surface area (Å²) in [4.78, 5) is 21.0. The minimum absolute atomic E-state index is 0. The van der Waals surface area contributed by atoms with Gasteiger partial charge in [-0.15, -0.1) is 0 Å². The topological polar surface area (TPSA) is 90.8 Å². The van der Waals surface area contributed by atoms with Crippen molar-refractivity contribution < 1.29 is 10.6 Å². The standard InChI is InChI=1S/C18H18FN5O.H2/c19-10-5-6-14-12(7-10)15(18(25)24-14)16-13(8-20)17(22-9-21-16)23-11-3-1-2-4-11;/h5-9,11,15,20H,1-4H2,(H,24,25)(H,21,22,23);1H. The Labute approximate surface area is 145 Å². The predicted molar refractivity (Wildman–Crippen MR) is 94.8 cm³/mol. The van der Waals surface area contributed by atoms with E-state index in [1.165, 1.54) is 31.3 Å². The van der Waals surface area contributed by atoms with Crippen molar-refractivity contribution in [3.05, 3.63) is 47.2 Å². The van der Waals surface area contributed by atoms with Crippen LogP contribution in [0.5, 0.6) is 0 Å². The van der Waals surface area contributed by atoms with E-state index < -0.39 is 11.7 Å². The Morgan fingerprint density at radius 2 is 2.12 bits per heavy atom. The molecule has 1 saturated carbocycles. The van der Waals surface area contributed by atoms with Crippen molar-refractivity contribution in [2.24, 2.45) is 0 Å². The number of nitrogens with zero attached hydrogens (tertiary/aromatic N) is 2. The molecule has 7 heteroatoms. The van der Waals surface area contributed by atoms with Crippen molar-refractivity contribution in [3.63, 3.8) is 0 Å². The van der Waals surface area contributed by atoms with Crippen molar-refractivity contribution in [2.75, 3.05) is 10.6 Å². The fourth-order valence-corrected chi connectivity index (χ4v) is 3.66. The molecule has 0 saturated heterocycles. The molecule has 3 N–H and O–H groups in total. The molecule has 1 aliphatic carbocycles. The average molecular weight is 341 g/mol. The van der Waals surface area contributed by atoms with E-state index in [0.717, 1.165) is 19.1 Å². The molecule has 6 nitrogen and oxygen atoms in total. The number of anilines is 2. The van der Waals surface area contributed by atoms with E-state index in [0.29, 0.717) is 34.4 Å². The summed E-state index contributed by atoms with van der Waals surface area (Å²) in [6, 6.07) is 4.53. The monoisotopic (exact) mass is 341 g/mol. The van der Waals surface area contributed by atoms with Crippen LogP contribution in [0.3, 0.4) is 0 Å². The molecule has 1 atom stereocenters. The van der Waals surface area contributed by atoms with Crippen LogP contribution in [0.15, 0.2) is 24.5 Å². The lowest BCUT2D eigenvalue weighted by Gasteiger charge is -2.18. The van der Waals surface area contributed by atoms with Crippen molar-refractivity contribution in [1.29, 1.82) is 5.41 Å². The Morgan fingerprint density at radius 3 is 2.88 bits per heavy atom. The Morgan fingerprint density at radius 1 is 1.32 bits per heavy atom. The molecule has 2 aromatic rings. The van der Waals surface area contributed by atoms with Gasteiger partial charge in [-0.1, -0.05) is 12.8 Å². The van der Waals surface area contributed by atoms with E-state index >= 15 is 0 Å². The molecule has 1 unspecified atom stereocenters. The SMILES string of the molecule is N=Cc1c(NC2CCCC2)ncnc1C1C(=O)Nc2ccc(F)cc21.[HH]. The van der Waals surface area contributed by atoms with Crippen LogP contribution >= 0.6 is 0 Å². The molecule has 0 spiro atoms. The van der Waals surface area contributed by atoms with Gasteiger partial charge in [-0.25, -0.2) is 14.4 Å². The van der Waals surface area contributed by atoms with Crippen LogP contribution in [0.25, 0.3) is 0 Å². The van der Waals surface area contributed by atoms with Crippen molar-refractivity contribution in [1.82, 2.24) is 9.97 Å². The quantitative estimate of drug-likeness (QED) is 0.744. The van der Waals surface area contributed by atoms with E-state index in [2.05, 4.69) is 20.6 Å². The van der Waals surface area contributed by atoms with Gasteiger partial charge in [0.15, 0.2) is 0 Å². The van der Waals surface area contributed by atoms with Crippen LogP contribution in [0.2, 0.25) is 0 Å². The second-order valence-corrected chi connectivity index (χ2v) is 6.45. The first-order chi connectivity index (χ1) is 12.2. The molecule has 0 radical (unpaired) electrons. The summed E-state index contributed by atoms with van der Waals surface area (Å²) >= 11 is 0. The normalized spacial score (nSPS) is 19.6. The van der Waals surface area contributed by atoms with Gasteiger partial charge in [-0.05, 0) is 36.6 Å². The number of nitrogens with one attached hydrogen (secondary N) is 3. The van der Waals surface area contributed by atoms with Gasteiger partial charge < -0.3 is 16.0 Å². The number of hydrogen-bond donors (Lipinski definition) is 3. The number of aromatic nitrogens is 2. The molecule has 2 heterocycles. The summed E-state index contributed by atoms with van der Waals surface area (Å²) in [5, 5.41) is 13.9. The number of amides is 1. The smallest absolute Gasteiger partial charge is 0.238 e. The third-order valence-corrected chi connectivity index (χ3v) is 4.87. The van der Waals surface area contributed by atoms with Gasteiger partial charge in [0.2, 0.25) is 5.91 Å². The van der Waals surface area contributed by atoms with Crippen LogP contribution in [0, 0.1) is 11.2 Å². The van der Waals surface area contributed by atoms with Crippen LogP contribution < -0.4 is 10.6 Å². The third kappa shape index (κ3) is 2.75. The highest BCUT2D eigenvalue weighted by atomic mass is 19.1. The Bertz CT molecular complexity index is 853. The number of rotatable bonds is 4. The number of carbonyl (C=O) groups is 1. The molecular formula is C18H20FN5O. The first-order valence-corrected chi connectivity index (χ1v) is 8.39. The lowest BCUT2D eigenvalue weighted by Crippen LogP contribution is -2.21. The van der Waals surface area contributed by atoms with Gasteiger partial charge in [0.1, 0.15) is 23.9 Å². The molecular weight excluding hydrogens is 321 g/mol. The highest BCUT2D eigenvalue weighted by Crippen LogP contribution is 2.38. The summed E-state index contributed by atoms with van der Waals surface area (Å²) in [6.07, 6.45) is 7.03. The molecule has 1 aliphatic heterocycles. The van der Waals surface area contributed by atoms with E-state index in [-0.39, 0.29) is 7.33 Å². The molecule has 1 aromatic heterocycles. The maximum Gasteiger partial charge on any atom is 0.238 e. The molecule has 1 amide bonds. The maximum atomic E-state index is 13.7. The second-order valence-electron chi connectivity index (χ2n) is 6.45. The van der Waals surface area contributed by atoms with Gasteiger partial charge in [0.25, 0.3) is 0 Å². The summed E-state index contributed by atoms with van der Waals surface area (Å²) in [5.41, 5.74) is 2.02. The van der Waals surface area contributed by atoms with Crippen LogP contribution in [-0.2, 0) is 4.79 Å². The zero-order chi connectivity index (χ0) is 17.4. The molecule has 130 valence electrons. The largest absolute Gasteiger partial charge is 0.367 e. The van der Waals surface area contributed by atoms with Gasteiger partial charge in [-0.2, -0.15) is 0 Å². The summed E-state index contributed by atoms with van der Waals surface area (Å²) in [5.74, 6) is -0.858. The number of carbonyl (C=O) groups excluding carboxylic acids is 1. The van der Waals surface area contributed by atoms with E-state index in [9.17, 15) is 9.18 Å². The minimum Gasteiger partial charge on any atom is -0.367 e. The Hall–Kier alpha value is -2.83. The van der Waals surface area contributed by atoms with Crippen molar-refractivity contribution in [2.45, 2.75) is 37.6 Å². The maximum absolute atomic E-state index is 13.7. The molecule has 1 fully saturated rings. The molecule has 2 aliphatic rings. The summed E-state index contributed by atoms with van der Waals surface area (Å²) < 4.78 is 13.7. The number of fused-ring (bicyclic) bond motifs is 1. The number of hydrogen-bond acceptors (Lipinski definition) is 5. The fourth-order valence-electron chi connectivity index (χ4n) is 3.66. The van der Waals surface area contributed by atoms with Gasteiger partial charge in [0.05, 0.1) is 11.3 Å². The number of benzene rings is 1.